The third-order valence-corrected chi connectivity index (χ3v) is 2.79. The Morgan fingerprint density at radius 2 is 2.27 bits per heavy atom. The van der Waals surface area contributed by atoms with E-state index in [1.807, 2.05) is 0 Å². The predicted molar refractivity (Wildman–Crippen MR) is 43.2 cm³/mol. The van der Waals surface area contributed by atoms with Crippen LogP contribution in [0.2, 0.25) is 0 Å². The van der Waals surface area contributed by atoms with Crippen LogP contribution in [0.3, 0.4) is 0 Å². The van der Waals surface area contributed by atoms with Crippen molar-refractivity contribution in [1.29, 1.82) is 0 Å². The van der Waals surface area contributed by atoms with Crippen molar-refractivity contribution < 1.29 is 5.11 Å². The zero-order valence-electron chi connectivity index (χ0n) is 6.79. The van der Waals surface area contributed by atoms with Crippen molar-refractivity contribution in [2.24, 2.45) is 5.73 Å². The van der Waals surface area contributed by atoms with E-state index in [9.17, 15) is 0 Å². The number of hydrogen-bond acceptors (Lipinski definition) is 3. The third-order valence-electron chi connectivity index (χ3n) is 2.79. The number of aliphatic hydroxyl groups is 1. The first-order valence-electron chi connectivity index (χ1n) is 4.37. The van der Waals surface area contributed by atoms with Gasteiger partial charge < -0.3 is 10.8 Å². The van der Waals surface area contributed by atoms with Crippen molar-refractivity contribution in [1.82, 2.24) is 4.90 Å². The minimum Gasteiger partial charge on any atom is -0.394 e. The number of hydrogen-bond donors (Lipinski definition) is 2. The lowest BCUT2D eigenvalue weighted by Gasteiger charge is -2.21. The molecule has 1 saturated carbocycles. The number of aliphatic hydroxyl groups excluding tert-OH is 1. The summed E-state index contributed by atoms with van der Waals surface area (Å²) in [6.45, 7) is 2.12. The van der Waals surface area contributed by atoms with E-state index in [2.05, 4.69) is 4.90 Å². The molecular weight excluding hydrogens is 140 g/mol. The molecule has 0 spiro atoms. The van der Waals surface area contributed by atoms with Crippen LogP contribution in [0, 0.1) is 0 Å². The molecule has 3 heteroatoms. The molecule has 1 saturated heterocycles. The van der Waals surface area contributed by atoms with Crippen LogP contribution in [0.15, 0.2) is 0 Å². The minimum atomic E-state index is -0.289. The van der Waals surface area contributed by atoms with Gasteiger partial charge in [-0.25, -0.2) is 0 Å². The highest BCUT2D eigenvalue weighted by Crippen LogP contribution is 2.32. The van der Waals surface area contributed by atoms with Crippen LogP contribution in [0.4, 0.5) is 0 Å². The van der Waals surface area contributed by atoms with Gasteiger partial charge in [0.1, 0.15) is 0 Å². The van der Waals surface area contributed by atoms with Gasteiger partial charge in [0.2, 0.25) is 0 Å². The minimum absolute atomic E-state index is 0.135. The molecule has 1 heterocycles. The zero-order valence-corrected chi connectivity index (χ0v) is 6.79. The molecule has 11 heavy (non-hydrogen) atoms. The normalized spacial score (nSPS) is 39.8. The summed E-state index contributed by atoms with van der Waals surface area (Å²) < 4.78 is 0. The maximum Gasteiger partial charge on any atom is 0.0624 e. The number of nitrogens with two attached hydrogens (primary N) is 1. The summed E-state index contributed by atoms with van der Waals surface area (Å²) in [5.74, 6) is 0. The monoisotopic (exact) mass is 156 g/mol. The summed E-state index contributed by atoms with van der Waals surface area (Å²) in [7, 11) is 0. The van der Waals surface area contributed by atoms with Crippen molar-refractivity contribution in [3.05, 3.63) is 0 Å². The second-order valence-electron chi connectivity index (χ2n) is 3.97. The maximum atomic E-state index is 8.99. The highest BCUT2D eigenvalue weighted by atomic mass is 16.3. The average molecular weight is 156 g/mol. The molecule has 2 aliphatic rings. The van der Waals surface area contributed by atoms with Crippen molar-refractivity contribution in [2.75, 3.05) is 19.7 Å². The Labute approximate surface area is 67.2 Å². The van der Waals surface area contributed by atoms with Crippen LogP contribution in [0.5, 0.6) is 0 Å². The number of rotatable bonds is 2. The van der Waals surface area contributed by atoms with Crippen LogP contribution in [-0.4, -0.2) is 41.3 Å². The first kappa shape index (κ1) is 7.53. The van der Waals surface area contributed by atoms with Gasteiger partial charge in [-0.3, -0.25) is 4.90 Å². The molecule has 64 valence electrons. The largest absolute Gasteiger partial charge is 0.394 e. The van der Waals surface area contributed by atoms with Gasteiger partial charge in [-0.2, -0.15) is 0 Å². The van der Waals surface area contributed by atoms with Crippen molar-refractivity contribution in [2.45, 2.75) is 30.8 Å². The van der Waals surface area contributed by atoms with E-state index in [1.54, 1.807) is 0 Å². The Hall–Kier alpha value is -0.120. The smallest absolute Gasteiger partial charge is 0.0624 e. The van der Waals surface area contributed by atoms with Crippen molar-refractivity contribution in [3.8, 4) is 0 Å². The van der Waals surface area contributed by atoms with Crippen LogP contribution in [0.25, 0.3) is 0 Å². The van der Waals surface area contributed by atoms with E-state index in [0.29, 0.717) is 0 Å². The van der Waals surface area contributed by atoms with Gasteiger partial charge >= 0.3 is 0 Å². The molecule has 2 rings (SSSR count). The predicted octanol–water partition coefficient (Wildman–Crippen LogP) is -0.456. The molecule has 3 N–H and O–H groups in total. The first-order chi connectivity index (χ1) is 5.23. The molecule has 2 fully saturated rings. The van der Waals surface area contributed by atoms with E-state index >= 15 is 0 Å². The zero-order chi connectivity index (χ0) is 7.90. The van der Waals surface area contributed by atoms with Crippen molar-refractivity contribution in [3.63, 3.8) is 0 Å². The molecule has 1 aliphatic carbocycles. The lowest BCUT2D eigenvalue weighted by molar-refractivity contribution is 0.191. The number of likely N-dealkylation sites (tertiary alicyclic amines) is 1. The fourth-order valence-corrected chi connectivity index (χ4v) is 1.81. The van der Waals surface area contributed by atoms with Gasteiger partial charge in [0.05, 0.1) is 12.1 Å². The fraction of sp³-hybridized carbons (Fsp3) is 1.00. The summed E-state index contributed by atoms with van der Waals surface area (Å²) in [6, 6.07) is 0.798. The highest BCUT2D eigenvalue weighted by Gasteiger charge is 2.40. The fourth-order valence-electron chi connectivity index (χ4n) is 1.81. The standard InChI is InChI=1S/C8H16N2O/c9-8(6-11)3-4-10(5-8)7-1-2-7/h7,11H,1-6,9H2. The van der Waals surface area contributed by atoms with Gasteiger partial charge in [0.25, 0.3) is 0 Å². The summed E-state index contributed by atoms with van der Waals surface area (Å²) in [5, 5.41) is 8.99. The second kappa shape index (κ2) is 2.44. The van der Waals surface area contributed by atoms with Crippen LogP contribution in [0.1, 0.15) is 19.3 Å². The summed E-state index contributed by atoms with van der Waals surface area (Å²) in [6.07, 6.45) is 3.63. The van der Waals surface area contributed by atoms with Gasteiger partial charge in [-0.1, -0.05) is 0 Å². The molecule has 0 aromatic rings. The molecule has 0 bridgehead atoms. The van der Waals surface area contributed by atoms with E-state index in [-0.39, 0.29) is 12.1 Å². The maximum absolute atomic E-state index is 8.99. The SMILES string of the molecule is NC1(CO)CCN(C2CC2)C1. The lowest BCUT2D eigenvalue weighted by Crippen LogP contribution is -2.46. The molecule has 0 aromatic carbocycles. The van der Waals surface area contributed by atoms with Gasteiger partial charge in [0.15, 0.2) is 0 Å². The Morgan fingerprint density at radius 3 is 2.73 bits per heavy atom. The Kier molecular flexibility index (Phi) is 1.67. The summed E-state index contributed by atoms with van der Waals surface area (Å²) in [4.78, 5) is 2.41. The van der Waals surface area contributed by atoms with Crippen molar-refractivity contribution >= 4 is 0 Å². The van der Waals surface area contributed by atoms with Gasteiger partial charge in [-0.15, -0.1) is 0 Å². The summed E-state index contributed by atoms with van der Waals surface area (Å²) >= 11 is 0. The Morgan fingerprint density at radius 1 is 1.55 bits per heavy atom. The molecule has 0 aromatic heterocycles. The summed E-state index contributed by atoms with van der Waals surface area (Å²) in [5.41, 5.74) is 5.63. The van der Waals surface area contributed by atoms with Crippen LogP contribution < -0.4 is 5.73 Å². The molecule has 0 amide bonds. The Bertz CT molecular complexity index is 158. The quantitative estimate of drug-likeness (QED) is 0.569. The molecule has 0 radical (unpaired) electrons. The van der Waals surface area contributed by atoms with E-state index in [1.165, 1.54) is 12.8 Å². The second-order valence-corrected chi connectivity index (χ2v) is 3.97. The topological polar surface area (TPSA) is 49.5 Å². The van der Waals surface area contributed by atoms with Crippen LogP contribution >= 0.6 is 0 Å². The molecule has 1 aliphatic heterocycles. The highest BCUT2D eigenvalue weighted by molar-refractivity contribution is 4.99. The lowest BCUT2D eigenvalue weighted by atomic mass is 10.0. The molecule has 1 atom stereocenters. The molecule has 1 unspecified atom stereocenters. The van der Waals surface area contributed by atoms with Crippen LogP contribution in [-0.2, 0) is 0 Å². The van der Waals surface area contributed by atoms with E-state index in [0.717, 1.165) is 25.6 Å². The number of nitrogens with zero attached hydrogens (tertiary/aromatic N) is 1. The molecule has 3 nitrogen and oxygen atoms in total. The van der Waals surface area contributed by atoms with Gasteiger partial charge in [0, 0.05) is 19.1 Å². The Balaban J connectivity index is 1.91. The van der Waals surface area contributed by atoms with E-state index in [4.69, 9.17) is 10.8 Å². The van der Waals surface area contributed by atoms with E-state index < -0.39 is 0 Å². The average Bonchev–Trinajstić information content (AvgIpc) is 2.77. The first-order valence-corrected chi connectivity index (χ1v) is 4.37. The van der Waals surface area contributed by atoms with Gasteiger partial charge in [-0.05, 0) is 19.3 Å². The molecular formula is C8H16N2O. The third kappa shape index (κ3) is 1.41.